The van der Waals surface area contributed by atoms with Gasteiger partial charge in [0.05, 0.1) is 4.92 Å². The summed E-state index contributed by atoms with van der Waals surface area (Å²) in [5, 5.41) is 10.4. The predicted octanol–water partition coefficient (Wildman–Crippen LogP) is 1.94. The van der Waals surface area contributed by atoms with Gasteiger partial charge in [0.2, 0.25) is 0 Å². The SMILES string of the molecule is O=C(OCc1ccc([N+](=O)[O-])cc1)N1CCC1. The predicted molar refractivity (Wildman–Crippen MR) is 59.5 cm³/mol. The smallest absolute Gasteiger partial charge is 0.410 e. The van der Waals surface area contributed by atoms with Gasteiger partial charge >= 0.3 is 6.09 Å². The lowest BCUT2D eigenvalue weighted by molar-refractivity contribution is -0.384. The van der Waals surface area contributed by atoms with Gasteiger partial charge in [-0.2, -0.15) is 0 Å². The first kappa shape index (κ1) is 11.4. The van der Waals surface area contributed by atoms with E-state index in [1.54, 1.807) is 17.0 Å². The molecule has 0 N–H and O–H groups in total. The topological polar surface area (TPSA) is 72.7 Å². The molecule has 1 aromatic carbocycles. The molecule has 0 bridgehead atoms. The first-order chi connectivity index (χ1) is 8.16. The fourth-order valence-electron chi connectivity index (χ4n) is 1.45. The maximum absolute atomic E-state index is 11.4. The monoisotopic (exact) mass is 236 g/mol. The van der Waals surface area contributed by atoms with E-state index >= 15 is 0 Å². The Morgan fingerprint density at radius 1 is 1.35 bits per heavy atom. The van der Waals surface area contributed by atoms with Gasteiger partial charge < -0.3 is 9.64 Å². The van der Waals surface area contributed by atoms with Crippen LogP contribution in [-0.2, 0) is 11.3 Å². The van der Waals surface area contributed by atoms with Gasteiger partial charge in [0, 0.05) is 25.2 Å². The van der Waals surface area contributed by atoms with E-state index in [-0.39, 0.29) is 18.4 Å². The normalized spacial score (nSPS) is 14.0. The van der Waals surface area contributed by atoms with Gasteiger partial charge in [-0.1, -0.05) is 0 Å². The van der Waals surface area contributed by atoms with Crippen LogP contribution in [0.1, 0.15) is 12.0 Å². The average Bonchev–Trinajstić information content (AvgIpc) is 2.24. The summed E-state index contributed by atoms with van der Waals surface area (Å²) >= 11 is 0. The number of nitro groups is 1. The number of nitrogens with zero attached hydrogens (tertiary/aromatic N) is 2. The lowest BCUT2D eigenvalue weighted by Crippen LogP contribution is -2.42. The number of likely N-dealkylation sites (tertiary alicyclic amines) is 1. The highest BCUT2D eigenvalue weighted by Gasteiger charge is 2.21. The van der Waals surface area contributed by atoms with E-state index in [2.05, 4.69) is 0 Å². The lowest BCUT2D eigenvalue weighted by Gasteiger charge is -2.29. The molecule has 0 unspecified atom stereocenters. The minimum absolute atomic E-state index is 0.0304. The Hall–Kier alpha value is -2.11. The third kappa shape index (κ3) is 2.72. The molecule has 1 saturated heterocycles. The van der Waals surface area contributed by atoms with Gasteiger partial charge in [0.25, 0.3) is 5.69 Å². The zero-order chi connectivity index (χ0) is 12.3. The molecule has 0 atom stereocenters. The van der Waals surface area contributed by atoms with Crippen LogP contribution in [0.15, 0.2) is 24.3 Å². The molecule has 1 fully saturated rings. The van der Waals surface area contributed by atoms with Crippen LogP contribution in [0.3, 0.4) is 0 Å². The summed E-state index contributed by atoms with van der Waals surface area (Å²) in [5.41, 5.74) is 0.771. The highest BCUT2D eigenvalue weighted by atomic mass is 16.6. The third-order valence-electron chi connectivity index (χ3n) is 2.62. The quantitative estimate of drug-likeness (QED) is 0.593. The summed E-state index contributed by atoms with van der Waals surface area (Å²) in [6.45, 7) is 1.64. The zero-order valence-corrected chi connectivity index (χ0v) is 9.17. The minimum Gasteiger partial charge on any atom is -0.445 e. The molecule has 1 amide bonds. The third-order valence-corrected chi connectivity index (χ3v) is 2.62. The second-order valence-corrected chi connectivity index (χ2v) is 3.82. The lowest BCUT2D eigenvalue weighted by atomic mass is 10.2. The molecule has 1 aliphatic rings. The van der Waals surface area contributed by atoms with Crippen LogP contribution in [0, 0.1) is 10.1 Å². The molecule has 6 nitrogen and oxygen atoms in total. The van der Waals surface area contributed by atoms with E-state index in [0.29, 0.717) is 0 Å². The molecule has 2 rings (SSSR count). The van der Waals surface area contributed by atoms with Crippen molar-refractivity contribution in [3.8, 4) is 0 Å². The Bertz CT molecular complexity index is 426. The number of carbonyl (C=O) groups excluding carboxylic acids is 1. The fraction of sp³-hybridized carbons (Fsp3) is 0.364. The molecule has 1 aromatic rings. The van der Waals surface area contributed by atoms with Gasteiger partial charge in [0.15, 0.2) is 0 Å². The Balaban J connectivity index is 1.86. The molecule has 90 valence electrons. The molecular formula is C11H12N2O4. The molecule has 6 heteroatoms. The average molecular weight is 236 g/mol. The number of hydrogen-bond donors (Lipinski definition) is 0. The number of nitro benzene ring substituents is 1. The maximum atomic E-state index is 11.4. The second kappa shape index (κ2) is 4.82. The van der Waals surface area contributed by atoms with E-state index in [0.717, 1.165) is 25.1 Å². The number of rotatable bonds is 3. The first-order valence-corrected chi connectivity index (χ1v) is 5.32. The van der Waals surface area contributed by atoms with Crippen molar-refractivity contribution in [2.45, 2.75) is 13.0 Å². The number of amides is 1. The van der Waals surface area contributed by atoms with Crippen molar-refractivity contribution in [1.82, 2.24) is 4.90 Å². The highest BCUT2D eigenvalue weighted by molar-refractivity contribution is 5.68. The highest BCUT2D eigenvalue weighted by Crippen LogP contribution is 2.14. The van der Waals surface area contributed by atoms with Gasteiger partial charge in [0.1, 0.15) is 6.61 Å². The summed E-state index contributed by atoms with van der Waals surface area (Å²) in [6, 6.07) is 5.96. The first-order valence-electron chi connectivity index (χ1n) is 5.32. The molecule has 17 heavy (non-hydrogen) atoms. The molecule has 1 heterocycles. The standard InChI is InChI=1S/C11H12N2O4/c14-11(12-6-1-7-12)17-8-9-2-4-10(5-3-9)13(15)16/h2-5H,1,6-8H2. The number of non-ortho nitro benzene ring substituents is 1. The number of hydrogen-bond acceptors (Lipinski definition) is 4. The maximum Gasteiger partial charge on any atom is 0.410 e. The fourth-order valence-corrected chi connectivity index (χ4v) is 1.45. The van der Waals surface area contributed by atoms with Crippen molar-refractivity contribution < 1.29 is 14.5 Å². The molecule has 1 aliphatic heterocycles. The number of carbonyl (C=O) groups is 1. The van der Waals surface area contributed by atoms with Gasteiger partial charge in [-0.15, -0.1) is 0 Å². The van der Waals surface area contributed by atoms with Crippen molar-refractivity contribution in [2.75, 3.05) is 13.1 Å². The van der Waals surface area contributed by atoms with Crippen LogP contribution in [-0.4, -0.2) is 29.0 Å². The molecule has 0 aliphatic carbocycles. The summed E-state index contributed by atoms with van der Waals surface area (Å²) in [5.74, 6) is 0. The van der Waals surface area contributed by atoms with Crippen LogP contribution in [0.4, 0.5) is 10.5 Å². The Kier molecular flexibility index (Phi) is 3.22. The number of ether oxygens (including phenoxy) is 1. The molecule has 0 aromatic heterocycles. The number of benzene rings is 1. The van der Waals surface area contributed by atoms with E-state index in [9.17, 15) is 14.9 Å². The van der Waals surface area contributed by atoms with E-state index in [1.165, 1.54) is 12.1 Å². The van der Waals surface area contributed by atoms with Crippen LogP contribution < -0.4 is 0 Å². The van der Waals surface area contributed by atoms with E-state index < -0.39 is 4.92 Å². The Labute approximate surface area is 97.9 Å². The van der Waals surface area contributed by atoms with Gasteiger partial charge in [-0.25, -0.2) is 4.79 Å². The zero-order valence-electron chi connectivity index (χ0n) is 9.17. The summed E-state index contributed by atoms with van der Waals surface area (Å²) in [6.07, 6.45) is 0.696. The van der Waals surface area contributed by atoms with Crippen molar-refractivity contribution in [1.29, 1.82) is 0 Å². The molecule has 0 spiro atoms. The Morgan fingerprint density at radius 2 is 2.00 bits per heavy atom. The summed E-state index contributed by atoms with van der Waals surface area (Å²) in [7, 11) is 0. The van der Waals surface area contributed by atoms with Crippen LogP contribution in [0.2, 0.25) is 0 Å². The van der Waals surface area contributed by atoms with Crippen LogP contribution in [0.5, 0.6) is 0 Å². The summed E-state index contributed by atoms with van der Waals surface area (Å²) < 4.78 is 5.05. The summed E-state index contributed by atoms with van der Waals surface area (Å²) in [4.78, 5) is 23.0. The van der Waals surface area contributed by atoms with Crippen molar-refractivity contribution >= 4 is 11.8 Å². The largest absolute Gasteiger partial charge is 0.445 e. The van der Waals surface area contributed by atoms with Crippen LogP contribution in [0.25, 0.3) is 0 Å². The van der Waals surface area contributed by atoms with E-state index in [4.69, 9.17) is 4.74 Å². The second-order valence-electron chi connectivity index (χ2n) is 3.82. The van der Waals surface area contributed by atoms with Crippen molar-refractivity contribution in [3.05, 3.63) is 39.9 Å². The van der Waals surface area contributed by atoms with Crippen molar-refractivity contribution in [3.63, 3.8) is 0 Å². The molecular weight excluding hydrogens is 224 g/mol. The Morgan fingerprint density at radius 3 is 2.47 bits per heavy atom. The van der Waals surface area contributed by atoms with Crippen LogP contribution >= 0.6 is 0 Å². The van der Waals surface area contributed by atoms with Crippen molar-refractivity contribution in [2.24, 2.45) is 0 Å². The molecule has 0 radical (unpaired) electrons. The van der Waals surface area contributed by atoms with E-state index in [1.807, 2.05) is 0 Å². The molecule has 0 saturated carbocycles. The van der Waals surface area contributed by atoms with Gasteiger partial charge in [-0.3, -0.25) is 10.1 Å². The minimum atomic E-state index is -0.462. The van der Waals surface area contributed by atoms with Gasteiger partial charge in [-0.05, 0) is 24.1 Å².